The average molecular weight is 330 g/mol. The number of hydrogen-bond acceptors (Lipinski definition) is 2. The number of ether oxygens (including phenoxy) is 1. The second-order valence-electron chi connectivity index (χ2n) is 5.93. The van der Waals surface area contributed by atoms with Crippen molar-refractivity contribution in [3.8, 4) is 0 Å². The molecule has 0 heterocycles. The first-order chi connectivity index (χ1) is 12.3. The minimum absolute atomic E-state index is 0.446. The number of carbonyl (C=O) groups is 1. The van der Waals surface area contributed by atoms with Crippen LogP contribution < -0.4 is 0 Å². The van der Waals surface area contributed by atoms with Gasteiger partial charge in [-0.15, -0.1) is 0 Å². The first kappa shape index (κ1) is 17.1. The Hall–Kier alpha value is -2.71. The summed E-state index contributed by atoms with van der Waals surface area (Å²) in [5.41, 5.74) is 2.03. The van der Waals surface area contributed by atoms with Crippen LogP contribution in [0.25, 0.3) is 0 Å². The third kappa shape index (κ3) is 3.26. The van der Waals surface area contributed by atoms with Gasteiger partial charge in [-0.3, -0.25) is 0 Å². The number of aldehydes is 1. The lowest BCUT2D eigenvalue weighted by Gasteiger charge is -2.39. The van der Waals surface area contributed by atoms with Crippen LogP contribution in [0.2, 0.25) is 0 Å². The van der Waals surface area contributed by atoms with Crippen molar-refractivity contribution in [3.05, 3.63) is 108 Å². The molecule has 0 aliphatic rings. The van der Waals surface area contributed by atoms with Crippen LogP contribution in [-0.2, 0) is 15.1 Å². The molecular weight excluding hydrogens is 308 g/mol. The third-order valence-electron chi connectivity index (χ3n) is 4.51. The van der Waals surface area contributed by atoms with Crippen LogP contribution in [0.15, 0.2) is 91.0 Å². The van der Waals surface area contributed by atoms with E-state index in [1.165, 1.54) is 0 Å². The summed E-state index contributed by atoms with van der Waals surface area (Å²) < 4.78 is 6.38. The van der Waals surface area contributed by atoms with Crippen LogP contribution in [0.5, 0.6) is 0 Å². The molecule has 2 nitrogen and oxygen atoms in total. The molecule has 3 aromatic rings. The maximum atomic E-state index is 12.3. The van der Waals surface area contributed by atoms with Gasteiger partial charge in [-0.1, -0.05) is 91.0 Å². The van der Waals surface area contributed by atoms with Gasteiger partial charge in [0.05, 0.1) is 5.92 Å². The average Bonchev–Trinajstić information content (AvgIpc) is 2.70. The van der Waals surface area contributed by atoms with Crippen molar-refractivity contribution >= 4 is 6.29 Å². The molecule has 1 atom stereocenters. The lowest BCUT2D eigenvalue weighted by atomic mass is 9.73. The van der Waals surface area contributed by atoms with Crippen LogP contribution in [0.1, 0.15) is 29.5 Å². The lowest BCUT2D eigenvalue weighted by molar-refractivity contribution is -0.117. The van der Waals surface area contributed by atoms with Crippen molar-refractivity contribution in [1.29, 1.82) is 0 Å². The molecule has 126 valence electrons. The van der Waals surface area contributed by atoms with E-state index >= 15 is 0 Å². The van der Waals surface area contributed by atoms with E-state index in [2.05, 4.69) is 0 Å². The van der Waals surface area contributed by atoms with E-state index in [-0.39, 0.29) is 0 Å². The maximum Gasteiger partial charge on any atom is 0.132 e. The zero-order valence-corrected chi connectivity index (χ0v) is 14.3. The van der Waals surface area contributed by atoms with Crippen LogP contribution in [0, 0.1) is 0 Å². The molecule has 0 bridgehead atoms. The van der Waals surface area contributed by atoms with Crippen molar-refractivity contribution in [3.63, 3.8) is 0 Å². The second kappa shape index (κ2) is 7.91. The molecule has 3 rings (SSSR count). The van der Waals surface area contributed by atoms with Crippen molar-refractivity contribution in [2.45, 2.75) is 18.4 Å². The Balaban J connectivity index is 2.28. The van der Waals surface area contributed by atoms with Crippen molar-refractivity contribution in [1.82, 2.24) is 0 Å². The molecule has 0 saturated heterocycles. The van der Waals surface area contributed by atoms with E-state index in [1.807, 2.05) is 97.9 Å². The van der Waals surface area contributed by atoms with E-state index in [9.17, 15) is 4.79 Å². The highest BCUT2D eigenvalue weighted by atomic mass is 16.5. The van der Waals surface area contributed by atoms with Crippen molar-refractivity contribution < 1.29 is 9.53 Å². The normalized spacial score (nSPS) is 12.5. The number of carbonyl (C=O) groups excluding carboxylic acids is 1. The van der Waals surface area contributed by atoms with E-state index in [4.69, 9.17) is 4.74 Å². The zero-order chi connectivity index (χ0) is 17.5. The predicted molar refractivity (Wildman–Crippen MR) is 101 cm³/mol. The summed E-state index contributed by atoms with van der Waals surface area (Å²) in [5, 5.41) is 0. The monoisotopic (exact) mass is 330 g/mol. The Bertz CT molecular complexity index is 743. The fourth-order valence-corrected chi connectivity index (χ4v) is 3.45. The molecule has 3 aromatic carbocycles. The summed E-state index contributed by atoms with van der Waals surface area (Å²) in [5.74, 6) is -0.446. The van der Waals surface area contributed by atoms with Gasteiger partial charge in [-0.25, -0.2) is 0 Å². The van der Waals surface area contributed by atoms with E-state index < -0.39 is 11.5 Å². The van der Waals surface area contributed by atoms with Gasteiger partial charge in [-0.05, 0) is 23.6 Å². The maximum absolute atomic E-state index is 12.3. The number of benzene rings is 3. The molecule has 25 heavy (non-hydrogen) atoms. The predicted octanol–water partition coefficient (Wildman–Crippen LogP) is 4.95. The van der Waals surface area contributed by atoms with Gasteiger partial charge in [0.15, 0.2) is 0 Å². The molecule has 0 fully saturated rings. The Morgan fingerprint density at radius 2 is 1.24 bits per heavy atom. The molecule has 0 amide bonds. The molecule has 1 unspecified atom stereocenters. The topological polar surface area (TPSA) is 26.3 Å². The molecule has 2 heteroatoms. The lowest BCUT2D eigenvalue weighted by Crippen LogP contribution is -2.39. The fraction of sp³-hybridized carbons (Fsp3) is 0.174. The summed E-state index contributed by atoms with van der Waals surface area (Å²) >= 11 is 0. The van der Waals surface area contributed by atoms with Crippen LogP contribution in [-0.4, -0.2) is 12.9 Å². The minimum atomic E-state index is -0.861. The Morgan fingerprint density at radius 1 is 0.800 bits per heavy atom. The SMILES string of the molecule is CCOC(c1ccccc1)(c1ccccc1)C(C=O)c1ccccc1. The Kier molecular flexibility index (Phi) is 5.42. The second-order valence-corrected chi connectivity index (χ2v) is 5.93. The van der Waals surface area contributed by atoms with Gasteiger partial charge < -0.3 is 9.53 Å². The van der Waals surface area contributed by atoms with Gasteiger partial charge >= 0.3 is 0 Å². The van der Waals surface area contributed by atoms with Gasteiger partial charge in [0.25, 0.3) is 0 Å². The van der Waals surface area contributed by atoms with Crippen LogP contribution >= 0.6 is 0 Å². The molecule has 0 aliphatic heterocycles. The van der Waals surface area contributed by atoms with Gasteiger partial charge in [-0.2, -0.15) is 0 Å². The van der Waals surface area contributed by atoms with E-state index in [1.54, 1.807) is 0 Å². The van der Waals surface area contributed by atoms with E-state index in [0.29, 0.717) is 6.61 Å². The van der Waals surface area contributed by atoms with E-state index in [0.717, 1.165) is 23.0 Å². The largest absolute Gasteiger partial charge is 0.365 e. The molecular formula is C23H22O2. The highest BCUT2D eigenvalue weighted by molar-refractivity contribution is 5.68. The molecule has 0 aromatic heterocycles. The number of rotatable bonds is 7. The molecule has 0 radical (unpaired) electrons. The van der Waals surface area contributed by atoms with Crippen molar-refractivity contribution in [2.75, 3.05) is 6.61 Å². The Labute approximate surface area is 149 Å². The summed E-state index contributed by atoms with van der Waals surface area (Å²) in [4.78, 5) is 12.3. The van der Waals surface area contributed by atoms with Gasteiger partial charge in [0, 0.05) is 6.61 Å². The highest BCUT2D eigenvalue weighted by Gasteiger charge is 2.43. The van der Waals surface area contributed by atoms with Crippen LogP contribution in [0.3, 0.4) is 0 Å². The third-order valence-corrected chi connectivity index (χ3v) is 4.51. The summed E-state index contributed by atoms with van der Waals surface area (Å²) in [7, 11) is 0. The molecule has 0 aliphatic carbocycles. The smallest absolute Gasteiger partial charge is 0.132 e. The molecule has 0 saturated carbocycles. The standard InChI is InChI=1S/C23H22O2/c1-2-25-23(20-14-8-4-9-15-20,21-16-10-5-11-17-21)22(18-24)19-12-6-3-7-13-19/h3-18,22H,2H2,1H3. The molecule has 0 N–H and O–H groups in total. The zero-order valence-electron chi connectivity index (χ0n) is 14.3. The number of hydrogen-bond donors (Lipinski definition) is 0. The summed E-state index contributed by atoms with van der Waals surface area (Å²) in [6, 6.07) is 29.9. The van der Waals surface area contributed by atoms with Crippen LogP contribution in [0.4, 0.5) is 0 Å². The Morgan fingerprint density at radius 3 is 1.64 bits per heavy atom. The van der Waals surface area contributed by atoms with Crippen molar-refractivity contribution in [2.24, 2.45) is 0 Å². The molecule has 0 spiro atoms. The highest BCUT2D eigenvalue weighted by Crippen LogP contribution is 2.44. The van der Waals surface area contributed by atoms with Gasteiger partial charge in [0.1, 0.15) is 11.9 Å². The summed E-state index contributed by atoms with van der Waals surface area (Å²) in [6.07, 6.45) is 1.00. The fourth-order valence-electron chi connectivity index (χ4n) is 3.45. The summed E-state index contributed by atoms with van der Waals surface area (Å²) in [6.45, 7) is 2.47. The first-order valence-corrected chi connectivity index (χ1v) is 8.58. The van der Waals surface area contributed by atoms with Gasteiger partial charge in [0.2, 0.25) is 0 Å². The minimum Gasteiger partial charge on any atom is -0.365 e. The quantitative estimate of drug-likeness (QED) is 0.573. The first-order valence-electron chi connectivity index (χ1n) is 8.58.